The van der Waals surface area contributed by atoms with E-state index in [4.69, 9.17) is 9.72 Å². The van der Waals surface area contributed by atoms with Gasteiger partial charge >= 0.3 is 5.97 Å². The number of benzene rings is 3. The molecule has 0 radical (unpaired) electrons. The van der Waals surface area contributed by atoms with Crippen LogP contribution in [0.25, 0.3) is 11.3 Å². The number of aliphatic carboxylic acids is 1. The number of nitrogens with one attached hydrogen (secondary N) is 1. The van der Waals surface area contributed by atoms with Gasteiger partial charge in [0.05, 0.1) is 12.8 Å². The second kappa shape index (κ2) is 12.7. The quantitative estimate of drug-likeness (QED) is 0.239. The molecule has 0 aliphatic carbocycles. The topological polar surface area (TPSA) is 91.8 Å². The standard InChI is InChI=1S/C30H29N3O4S/c1-3-16-33(30-32-27(20-38-30)24-10-7-11-25(18-24)37-2)19-22-12-14-23(15-13-22)28(34)31-26(29(35)36)17-21-8-5-4-6-9-21/h3-15,18,20,26H,1,16-17,19H2,2H3,(H,31,34)(H,35,36). The summed E-state index contributed by atoms with van der Waals surface area (Å²) in [6, 6.07) is 23.2. The number of anilines is 1. The van der Waals surface area contributed by atoms with E-state index in [1.54, 1.807) is 30.6 Å². The number of carbonyl (C=O) groups excluding carboxylic acids is 1. The second-order valence-electron chi connectivity index (χ2n) is 8.67. The Morgan fingerprint density at radius 2 is 1.84 bits per heavy atom. The Bertz CT molecular complexity index is 1390. The number of carboxylic acid groups (broad SMARTS) is 1. The molecule has 0 fully saturated rings. The van der Waals surface area contributed by atoms with Crippen LogP contribution in [0.5, 0.6) is 5.75 Å². The minimum absolute atomic E-state index is 0.210. The summed E-state index contributed by atoms with van der Waals surface area (Å²) in [5, 5.41) is 15.1. The van der Waals surface area contributed by atoms with E-state index in [1.165, 1.54) is 0 Å². The summed E-state index contributed by atoms with van der Waals surface area (Å²) < 4.78 is 5.33. The fourth-order valence-corrected chi connectivity index (χ4v) is 4.81. The molecular weight excluding hydrogens is 498 g/mol. The highest BCUT2D eigenvalue weighted by atomic mass is 32.1. The molecule has 0 bridgehead atoms. The van der Waals surface area contributed by atoms with Gasteiger partial charge in [-0.3, -0.25) is 4.79 Å². The Morgan fingerprint density at radius 1 is 1.08 bits per heavy atom. The van der Waals surface area contributed by atoms with E-state index in [0.717, 1.165) is 33.3 Å². The first-order valence-electron chi connectivity index (χ1n) is 12.1. The maximum Gasteiger partial charge on any atom is 0.326 e. The molecule has 1 amide bonds. The summed E-state index contributed by atoms with van der Waals surface area (Å²) in [7, 11) is 1.64. The van der Waals surface area contributed by atoms with Crippen molar-refractivity contribution in [1.29, 1.82) is 0 Å². The molecule has 4 rings (SSSR count). The summed E-state index contributed by atoms with van der Waals surface area (Å²) in [6.07, 6.45) is 2.04. The van der Waals surface area contributed by atoms with E-state index in [2.05, 4.69) is 16.8 Å². The van der Waals surface area contributed by atoms with Crippen molar-refractivity contribution in [3.63, 3.8) is 0 Å². The van der Waals surface area contributed by atoms with Crippen LogP contribution in [0.4, 0.5) is 5.13 Å². The summed E-state index contributed by atoms with van der Waals surface area (Å²) in [5.74, 6) is -0.722. The first-order chi connectivity index (χ1) is 18.5. The van der Waals surface area contributed by atoms with Crippen LogP contribution in [0.3, 0.4) is 0 Å². The third-order valence-corrected chi connectivity index (χ3v) is 6.85. The number of hydrogen-bond donors (Lipinski definition) is 2. The maximum atomic E-state index is 12.8. The molecule has 2 N–H and O–H groups in total. The van der Waals surface area contributed by atoms with Crippen LogP contribution in [-0.4, -0.2) is 41.7 Å². The molecule has 1 heterocycles. The number of nitrogens with zero attached hydrogens (tertiary/aromatic N) is 2. The van der Waals surface area contributed by atoms with Crippen molar-refractivity contribution in [2.45, 2.75) is 19.0 Å². The van der Waals surface area contributed by atoms with E-state index in [1.807, 2.05) is 78.2 Å². The van der Waals surface area contributed by atoms with Crippen LogP contribution in [-0.2, 0) is 17.8 Å². The minimum atomic E-state index is -1.07. The van der Waals surface area contributed by atoms with Gasteiger partial charge in [-0.15, -0.1) is 17.9 Å². The number of thiazole rings is 1. The van der Waals surface area contributed by atoms with Gasteiger partial charge in [-0.2, -0.15) is 0 Å². The summed E-state index contributed by atoms with van der Waals surface area (Å²) in [5.41, 5.74) is 4.08. The van der Waals surface area contributed by atoms with E-state index in [0.29, 0.717) is 18.7 Å². The fraction of sp³-hybridized carbons (Fsp3) is 0.167. The molecule has 3 aromatic carbocycles. The van der Waals surface area contributed by atoms with Gasteiger partial charge in [0.25, 0.3) is 5.91 Å². The van der Waals surface area contributed by atoms with Crippen molar-refractivity contribution >= 4 is 28.3 Å². The molecule has 1 unspecified atom stereocenters. The van der Waals surface area contributed by atoms with Crippen LogP contribution < -0.4 is 15.0 Å². The monoisotopic (exact) mass is 527 g/mol. The number of amides is 1. The average molecular weight is 528 g/mol. The third kappa shape index (κ3) is 6.86. The number of carbonyl (C=O) groups is 2. The van der Waals surface area contributed by atoms with Crippen molar-refractivity contribution in [1.82, 2.24) is 10.3 Å². The molecule has 0 aliphatic rings. The highest BCUT2D eigenvalue weighted by Gasteiger charge is 2.21. The lowest BCUT2D eigenvalue weighted by Gasteiger charge is -2.20. The summed E-state index contributed by atoms with van der Waals surface area (Å²) >= 11 is 1.55. The Hall–Kier alpha value is -4.43. The summed E-state index contributed by atoms with van der Waals surface area (Å²) in [4.78, 5) is 31.4. The van der Waals surface area contributed by atoms with E-state index in [-0.39, 0.29) is 6.42 Å². The zero-order valence-electron chi connectivity index (χ0n) is 21.0. The lowest BCUT2D eigenvalue weighted by Crippen LogP contribution is -2.42. The predicted octanol–water partition coefficient (Wildman–Crippen LogP) is 5.44. The molecule has 4 aromatic rings. The molecule has 8 heteroatoms. The molecule has 0 aliphatic heterocycles. The number of carboxylic acids is 1. The van der Waals surface area contributed by atoms with Crippen molar-refractivity contribution in [3.05, 3.63) is 114 Å². The van der Waals surface area contributed by atoms with Gasteiger partial charge in [-0.05, 0) is 35.4 Å². The zero-order chi connectivity index (χ0) is 26.9. The first kappa shape index (κ1) is 26.6. The molecule has 7 nitrogen and oxygen atoms in total. The lowest BCUT2D eigenvalue weighted by atomic mass is 10.1. The Morgan fingerprint density at radius 3 is 2.53 bits per heavy atom. The summed E-state index contributed by atoms with van der Waals surface area (Å²) in [6.45, 7) is 5.06. The van der Waals surface area contributed by atoms with Gasteiger partial charge in [-0.1, -0.05) is 60.7 Å². The Labute approximate surface area is 226 Å². The fourth-order valence-electron chi connectivity index (χ4n) is 3.96. The van der Waals surface area contributed by atoms with Gasteiger partial charge in [0.1, 0.15) is 11.8 Å². The minimum Gasteiger partial charge on any atom is -0.497 e. The number of rotatable bonds is 12. The average Bonchev–Trinajstić information content (AvgIpc) is 3.44. The van der Waals surface area contributed by atoms with E-state index >= 15 is 0 Å². The number of methoxy groups -OCH3 is 1. The predicted molar refractivity (Wildman–Crippen MR) is 151 cm³/mol. The van der Waals surface area contributed by atoms with Crippen molar-refractivity contribution in [2.75, 3.05) is 18.6 Å². The van der Waals surface area contributed by atoms with Crippen LogP contribution >= 0.6 is 11.3 Å². The van der Waals surface area contributed by atoms with Crippen LogP contribution in [0.15, 0.2) is 96.9 Å². The van der Waals surface area contributed by atoms with Crippen molar-refractivity contribution in [3.8, 4) is 17.0 Å². The van der Waals surface area contributed by atoms with Crippen molar-refractivity contribution in [2.24, 2.45) is 0 Å². The van der Waals surface area contributed by atoms with E-state index < -0.39 is 17.9 Å². The number of hydrogen-bond acceptors (Lipinski definition) is 6. The van der Waals surface area contributed by atoms with Crippen LogP contribution in [0.2, 0.25) is 0 Å². The zero-order valence-corrected chi connectivity index (χ0v) is 21.9. The van der Waals surface area contributed by atoms with Gasteiger partial charge in [0, 0.05) is 36.0 Å². The van der Waals surface area contributed by atoms with Crippen LogP contribution in [0, 0.1) is 0 Å². The number of aromatic nitrogens is 1. The molecule has 194 valence electrons. The molecule has 0 spiro atoms. The SMILES string of the molecule is C=CCN(Cc1ccc(C(=O)NC(Cc2ccccc2)C(=O)O)cc1)c1nc(-c2cccc(OC)c2)cs1. The highest BCUT2D eigenvalue weighted by molar-refractivity contribution is 7.14. The second-order valence-corrected chi connectivity index (χ2v) is 9.50. The Balaban J connectivity index is 1.43. The Kier molecular flexibility index (Phi) is 8.89. The molecule has 1 aromatic heterocycles. The van der Waals surface area contributed by atoms with Gasteiger partial charge in [0.2, 0.25) is 0 Å². The molecule has 38 heavy (non-hydrogen) atoms. The van der Waals surface area contributed by atoms with Crippen molar-refractivity contribution < 1.29 is 19.4 Å². The molecule has 1 atom stereocenters. The first-order valence-corrected chi connectivity index (χ1v) is 13.0. The van der Waals surface area contributed by atoms with Gasteiger partial charge < -0.3 is 20.1 Å². The van der Waals surface area contributed by atoms with Gasteiger partial charge in [-0.25, -0.2) is 9.78 Å². The molecular formula is C30H29N3O4S. The van der Waals surface area contributed by atoms with Gasteiger partial charge in [0.15, 0.2) is 5.13 Å². The third-order valence-electron chi connectivity index (χ3n) is 5.95. The molecule has 0 saturated carbocycles. The smallest absolute Gasteiger partial charge is 0.326 e. The lowest BCUT2D eigenvalue weighted by molar-refractivity contribution is -0.139. The number of ether oxygens (including phenoxy) is 1. The van der Waals surface area contributed by atoms with E-state index in [9.17, 15) is 14.7 Å². The normalized spacial score (nSPS) is 11.4. The highest BCUT2D eigenvalue weighted by Crippen LogP contribution is 2.30. The van der Waals surface area contributed by atoms with Crippen LogP contribution in [0.1, 0.15) is 21.5 Å². The molecule has 0 saturated heterocycles. The maximum absolute atomic E-state index is 12.8. The largest absolute Gasteiger partial charge is 0.497 e.